The molecule has 0 fully saturated rings. The highest BCUT2D eigenvalue weighted by Gasteiger charge is 2.39. The first kappa shape index (κ1) is 11.8. The lowest BCUT2D eigenvalue weighted by Crippen LogP contribution is -2.44. The predicted octanol–water partition coefficient (Wildman–Crippen LogP) is 1.16. The fraction of sp³-hybridized carbons (Fsp3) is 0.286. The minimum absolute atomic E-state index is 0.00106. The Kier molecular flexibility index (Phi) is 2.74. The molecule has 0 saturated carbocycles. The van der Waals surface area contributed by atoms with Crippen LogP contribution in [0.25, 0.3) is 0 Å². The van der Waals surface area contributed by atoms with Crippen LogP contribution in [0.15, 0.2) is 41.6 Å². The zero-order valence-electron chi connectivity index (χ0n) is 10.6. The number of nitrogens with zero attached hydrogens (tertiary/aromatic N) is 1. The molecule has 1 atom stereocenters. The number of hydrogen-bond acceptors (Lipinski definition) is 2. The molecular formula is C14H15N3O2. The Balaban J connectivity index is 2.02. The topological polar surface area (TPSA) is 61.4 Å². The largest absolute Gasteiger partial charge is 0.333 e. The first-order chi connectivity index (χ1) is 9.20. The van der Waals surface area contributed by atoms with Gasteiger partial charge in [-0.2, -0.15) is 0 Å². The van der Waals surface area contributed by atoms with Crippen LogP contribution >= 0.6 is 0 Å². The van der Waals surface area contributed by atoms with Gasteiger partial charge >= 0.3 is 6.03 Å². The van der Waals surface area contributed by atoms with Crippen LogP contribution in [0.2, 0.25) is 0 Å². The zero-order valence-corrected chi connectivity index (χ0v) is 10.6. The van der Waals surface area contributed by atoms with Crippen molar-refractivity contribution in [2.24, 2.45) is 0 Å². The maximum atomic E-state index is 12.3. The lowest BCUT2D eigenvalue weighted by Gasteiger charge is -2.25. The number of benzene rings is 1. The second-order valence-corrected chi connectivity index (χ2v) is 4.65. The van der Waals surface area contributed by atoms with Crippen molar-refractivity contribution in [3.63, 3.8) is 0 Å². The average Bonchev–Trinajstić information content (AvgIpc) is 2.75. The van der Waals surface area contributed by atoms with Crippen LogP contribution in [0.3, 0.4) is 0 Å². The van der Waals surface area contributed by atoms with Gasteiger partial charge in [-0.1, -0.05) is 30.3 Å². The highest BCUT2D eigenvalue weighted by Crippen LogP contribution is 2.31. The second-order valence-electron chi connectivity index (χ2n) is 4.65. The molecule has 0 aliphatic carbocycles. The fourth-order valence-electron chi connectivity index (χ4n) is 2.58. The summed E-state index contributed by atoms with van der Waals surface area (Å²) in [4.78, 5) is 25.8. The van der Waals surface area contributed by atoms with Crippen molar-refractivity contribution in [2.45, 2.75) is 13.0 Å². The highest BCUT2D eigenvalue weighted by atomic mass is 16.2. The SMILES string of the molecule is CCN1CC2=C(C1=O)C(c1ccccc1)NC(=O)N2. The van der Waals surface area contributed by atoms with Gasteiger partial charge in [-0.15, -0.1) is 0 Å². The van der Waals surface area contributed by atoms with Crippen LogP contribution in [0, 0.1) is 0 Å². The van der Waals surface area contributed by atoms with E-state index in [-0.39, 0.29) is 18.0 Å². The van der Waals surface area contributed by atoms with Gasteiger partial charge in [0.1, 0.15) is 0 Å². The van der Waals surface area contributed by atoms with Crippen LogP contribution in [-0.4, -0.2) is 29.9 Å². The van der Waals surface area contributed by atoms with Crippen molar-refractivity contribution in [3.8, 4) is 0 Å². The molecule has 3 amide bonds. The third-order valence-electron chi connectivity index (χ3n) is 3.53. The van der Waals surface area contributed by atoms with Crippen molar-refractivity contribution in [1.29, 1.82) is 0 Å². The number of nitrogens with one attached hydrogen (secondary N) is 2. The number of carbonyl (C=O) groups excluding carboxylic acids is 2. The molecule has 2 aliphatic heterocycles. The van der Waals surface area contributed by atoms with Crippen LogP contribution in [-0.2, 0) is 4.79 Å². The number of likely N-dealkylation sites (N-methyl/N-ethyl adjacent to an activating group) is 1. The Morgan fingerprint density at radius 3 is 2.68 bits per heavy atom. The third-order valence-corrected chi connectivity index (χ3v) is 3.53. The standard InChI is InChI=1S/C14H15N3O2/c1-2-17-8-10-11(13(17)18)12(16-14(19)15-10)9-6-4-3-5-7-9/h3-7,12H,2,8H2,1H3,(H2,15,16,19). The molecule has 19 heavy (non-hydrogen) atoms. The van der Waals surface area contributed by atoms with Crippen molar-refractivity contribution >= 4 is 11.9 Å². The van der Waals surface area contributed by atoms with E-state index in [1.807, 2.05) is 37.3 Å². The molecule has 2 N–H and O–H groups in total. The number of amides is 3. The summed E-state index contributed by atoms with van der Waals surface area (Å²) >= 11 is 0. The summed E-state index contributed by atoms with van der Waals surface area (Å²) in [5.41, 5.74) is 2.31. The van der Waals surface area contributed by atoms with Gasteiger partial charge in [0.2, 0.25) is 0 Å². The van der Waals surface area contributed by atoms with E-state index in [0.29, 0.717) is 18.7 Å². The van der Waals surface area contributed by atoms with Crippen molar-refractivity contribution in [3.05, 3.63) is 47.2 Å². The Hall–Kier alpha value is -2.30. The third kappa shape index (κ3) is 1.87. The lowest BCUT2D eigenvalue weighted by atomic mass is 9.96. The Bertz CT molecular complexity index is 565. The molecule has 5 heteroatoms. The summed E-state index contributed by atoms with van der Waals surface area (Å²) in [7, 11) is 0. The molecule has 0 aromatic heterocycles. The van der Waals surface area contributed by atoms with Gasteiger partial charge in [-0.05, 0) is 12.5 Å². The molecule has 0 spiro atoms. The second kappa shape index (κ2) is 4.42. The molecule has 0 radical (unpaired) electrons. The molecule has 2 aliphatic rings. The van der Waals surface area contributed by atoms with E-state index < -0.39 is 0 Å². The average molecular weight is 257 g/mol. The number of hydrogen-bond donors (Lipinski definition) is 2. The van der Waals surface area contributed by atoms with Gasteiger partial charge in [0, 0.05) is 6.54 Å². The first-order valence-electron chi connectivity index (χ1n) is 6.35. The normalized spacial score (nSPS) is 22.2. The molecule has 0 bridgehead atoms. The Labute approximate surface area is 111 Å². The van der Waals surface area contributed by atoms with Crippen molar-refractivity contribution in [2.75, 3.05) is 13.1 Å². The number of rotatable bonds is 2. The summed E-state index contributed by atoms with van der Waals surface area (Å²) in [6, 6.07) is 8.95. The molecule has 2 heterocycles. The molecule has 1 unspecified atom stereocenters. The van der Waals surface area contributed by atoms with Gasteiger partial charge in [0.15, 0.2) is 0 Å². The quantitative estimate of drug-likeness (QED) is 0.835. The molecule has 1 aromatic rings. The van der Waals surface area contributed by atoms with Crippen molar-refractivity contribution in [1.82, 2.24) is 15.5 Å². The number of carbonyl (C=O) groups is 2. The monoisotopic (exact) mass is 257 g/mol. The molecule has 0 saturated heterocycles. The Morgan fingerprint density at radius 2 is 2.00 bits per heavy atom. The number of urea groups is 1. The maximum Gasteiger partial charge on any atom is 0.319 e. The molecule has 3 rings (SSSR count). The van der Waals surface area contributed by atoms with Crippen LogP contribution in [0.5, 0.6) is 0 Å². The van der Waals surface area contributed by atoms with Crippen LogP contribution in [0.1, 0.15) is 18.5 Å². The molecule has 98 valence electrons. The van der Waals surface area contributed by atoms with E-state index in [2.05, 4.69) is 10.6 Å². The molecule has 5 nitrogen and oxygen atoms in total. The van der Waals surface area contributed by atoms with E-state index in [4.69, 9.17) is 0 Å². The first-order valence-corrected chi connectivity index (χ1v) is 6.35. The predicted molar refractivity (Wildman–Crippen MR) is 70.1 cm³/mol. The fourth-order valence-corrected chi connectivity index (χ4v) is 2.58. The molecule has 1 aromatic carbocycles. The summed E-state index contributed by atoms with van der Waals surface area (Å²) < 4.78 is 0. The van der Waals surface area contributed by atoms with Gasteiger partial charge in [-0.25, -0.2) is 4.79 Å². The van der Waals surface area contributed by atoms with Gasteiger partial charge < -0.3 is 15.5 Å². The molecular weight excluding hydrogens is 242 g/mol. The lowest BCUT2D eigenvalue weighted by molar-refractivity contribution is -0.125. The van der Waals surface area contributed by atoms with Gasteiger partial charge in [0.25, 0.3) is 5.91 Å². The minimum Gasteiger partial charge on any atom is -0.333 e. The summed E-state index contributed by atoms with van der Waals surface area (Å²) in [6.07, 6.45) is 0. The highest BCUT2D eigenvalue weighted by molar-refractivity contribution is 6.01. The van der Waals surface area contributed by atoms with E-state index in [9.17, 15) is 9.59 Å². The van der Waals surface area contributed by atoms with E-state index in [1.54, 1.807) is 4.90 Å². The van der Waals surface area contributed by atoms with Gasteiger partial charge in [0.05, 0.1) is 23.9 Å². The van der Waals surface area contributed by atoms with Crippen LogP contribution in [0.4, 0.5) is 4.79 Å². The van der Waals surface area contributed by atoms with E-state index in [0.717, 1.165) is 11.3 Å². The van der Waals surface area contributed by atoms with Crippen molar-refractivity contribution < 1.29 is 9.59 Å². The summed E-state index contributed by atoms with van der Waals surface area (Å²) in [5.74, 6) is -0.00106. The Morgan fingerprint density at radius 1 is 1.26 bits per heavy atom. The van der Waals surface area contributed by atoms with E-state index >= 15 is 0 Å². The zero-order chi connectivity index (χ0) is 13.4. The van der Waals surface area contributed by atoms with E-state index in [1.165, 1.54) is 0 Å². The maximum absolute atomic E-state index is 12.3. The smallest absolute Gasteiger partial charge is 0.319 e. The summed E-state index contributed by atoms with van der Waals surface area (Å²) in [6.45, 7) is 3.06. The van der Waals surface area contributed by atoms with Gasteiger partial charge in [-0.3, -0.25) is 4.79 Å². The minimum atomic E-state index is -0.353. The summed E-state index contributed by atoms with van der Waals surface area (Å²) in [5, 5.41) is 5.56. The van der Waals surface area contributed by atoms with Crippen LogP contribution < -0.4 is 10.6 Å².